The molecule has 0 spiro atoms. The summed E-state index contributed by atoms with van der Waals surface area (Å²) in [5.41, 5.74) is 7.01. The second-order valence-corrected chi connectivity index (χ2v) is 10.4. The lowest BCUT2D eigenvalue weighted by Crippen LogP contribution is -2.46. The lowest BCUT2D eigenvalue weighted by Gasteiger charge is -2.35. The molecule has 1 N–H and O–H groups in total. The number of nitrogens with one attached hydrogen (secondary N) is 1. The normalized spacial score (nSPS) is 18.8. The number of para-hydroxylation sites is 1. The van der Waals surface area contributed by atoms with E-state index in [0.717, 1.165) is 88.3 Å². The second-order valence-electron chi connectivity index (χ2n) is 10.4. The van der Waals surface area contributed by atoms with Crippen LogP contribution < -0.4 is 10.5 Å². The molecule has 6 rings (SSSR count). The van der Waals surface area contributed by atoms with Crippen LogP contribution in [0.25, 0.3) is 10.9 Å². The largest absolute Gasteiger partial charge is 0.352 e. The lowest BCUT2D eigenvalue weighted by molar-refractivity contribution is 0.250. The zero-order chi connectivity index (χ0) is 22.9. The topological polar surface area (TPSA) is 57.2 Å². The van der Waals surface area contributed by atoms with E-state index in [2.05, 4.69) is 48.8 Å². The third-order valence-corrected chi connectivity index (χ3v) is 8.33. The van der Waals surface area contributed by atoms with Crippen LogP contribution in [0, 0.1) is 0 Å². The van der Waals surface area contributed by atoms with Gasteiger partial charge in [-0.15, -0.1) is 0 Å². The number of hydrogen-bond donors (Lipinski definition) is 1. The summed E-state index contributed by atoms with van der Waals surface area (Å²) in [4.78, 5) is 18.4. The average Bonchev–Trinajstić information content (AvgIpc) is 3.33. The fourth-order valence-electron chi connectivity index (χ4n) is 6.49. The van der Waals surface area contributed by atoms with E-state index in [1.54, 1.807) is 5.56 Å². The Morgan fingerprint density at radius 3 is 2.35 bits per heavy atom. The fraction of sp³-hybridized carbons (Fsp3) is 0.571. The van der Waals surface area contributed by atoms with Crippen molar-refractivity contribution in [3.05, 3.63) is 57.0 Å². The highest BCUT2D eigenvalue weighted by Crippen LogP contribution is 2.30. The number of fused-ring (bicyclic) bond motifs is 4. The zero-order valence-electron chi connectivity index (χ0n) is 20.3. The molecule has 0 saturated carbocycles. The van der Waals surface area contributed by atoms with E-state index in [0.29, 0.717) is 5.56 Å². The number of benzene rings is 1. The molecular weight excluding hydrogens is 422 g/mol. The minimum Gasteiger partial charge on any atom is -0.352 e. The van der Waals surface area contributed by atoms with Gasteiger partial charge in [0.05, 0.1) is 5.52 Å². The Balaban J connectivity index is 1.05. The highest BCUT2D eigenvalue weighted by molar-refractivity contribution is 5.90. The van der Waals surface area contributed by atoms with Gasteiger partial charge in [-0.1, -0.05) is 12.1 Å². The molecule has 6 nitrogen and oxygen atoms in total. The smallest absolute Gasteiger partial charge is 0.254 e. The summed E-state index contributed by atoms with van der Waals surface area (Å²) in [6, 6.07) is 8.38. The van der Waals surface area contributed by atoms with E-state index < -0.39 is 0 Å². The van der Waals surface area contributed by atoms with Crippen LogP contribution in [-0.2, 0) is 32.2 Å². The van der Waals surface area contributed by atoms with Gasteiger partial charge in [-0.05, 0) is 94.0 Å². The molecule has 3 aliphatic rings. The van der Waals surface area contributed by atoms with Crippen LogP contribution in [0.15, 0.2) is 29.1 Å². The van der Waals surface area contributed by atoms with Crippen LogP contribution in [0.4, 0.5) is 5.82 Å². The Morgan fingerprint density at radius 2 is 1.50 bits per heavy atom. The molecule has 0 amide bonds. The van der Waals surface area contributed by atoms with Crippen molar-refractivity contribution in [2.45, 2.75) is 70.8 Å². The van der Waals surface area contributed by atoms with E-state index in [9.17, 15) is 4.79 Å². The monoisotopic (exact) mass is 459 g/mol. The number of H-pyrrole nitrogens is 1. The van der Waals surface area contributed by atoms with Gasteiger partial charge >= 0.3 is 0 Å². The minimum atomic E-state index is 0.343. The molecule has 2 aromatic heterocycles. The number of nitrogens with zero attached hydrogens (tertiary/aromatic N) is 4. The molecule has 1 saturated heterocycles. The maximum atomic E-state index is 13.4. The van der Waals surface area contributed by atoms with Crippen molar-refractivity contribution in [3.63, 3.8) is 0 Å². The average molecular weight is 460 g/mol. The lowest BCUT2D eigenvalue weighted by atomic mass is 9.83. The van der Waals surface area contributed by atoms with Gasteiger partial charge in [0.25, 0.3) is 5.56 Å². The van der Waals surface area contributed by atoms with Gasteiger partial charge in [0.1, 0.15) is 0 Å². The van der Waals surface area contributed by atoms with E-state index in [-0.39, 0.29) is 0 Å². The van der Waals surface area contributed by atoms with Crippen LogP contribution in [0.3, 0.4) is 0 Å². The molecule has 2 aliphatic carbocycles. The summed E-state index contributed by atoms with van der Waals surface area (Å²) >= 11 is 0. The first kappa shape index (κ1) is 21.9. The molecule has 0 unspecified atom stereocenters. The van der Waals surface area contributed by atoms with Crippen molar-refractivity contribution in [3.8, 4) is 0 Å². The molecular formula is C28H37N5O. The molecule has 1 aromatic carbocycles. The quantitative estimate of drug-likeness (QED) is 0.564. The summed E-state index contributed by atoms with van der Waals surface area (Å²) in [6.45, 7) is 6.22. The second kappa shape index (κ2) is 9.57. The maximum absolute atomic E-state index is 13.4. The number of aromatic nitrogens is 3. The van der Waals surface area contributed by atoms with Crippen LogP contribution in [0.1, 0.15) is 60.9 Å². The Labute approximate surface area is 201 Å². The number of pyridine rings is 1. The summed E-state index contributed by atoms with van der Waals surface area (Å²) in [5.74, 6) is 1.09. The molecule has 0 bridgehead atoms. The third kappa shape index (κ3) is 4.06. The highest BCUT2D eigenvalue weighted by Gasteiger charge is 2.25. The number of piperazine rings is 1. The Bertz CT molecular complexity index is 1220. The van der Waals surface area contributed by atoms with E-state index in [1.165, 1.54) is 48.7 Å². The molecule has 1 fully saturated rings. The van der Waals surface area contributed by atoms with Gasteiger partial charge in [-0.25, -0.2) is 0 Å². The van der Waals surface area contributed by atoms with Crippen LogP contribution in [-0.4, -0.2) is 52.4 Å². The predicted molar refractivity (Wildman–Crippen MR) is 138 cm³/mol. The molecule has 6 heteroatoms. The molecule has 180 valence electrons. The van der Waals surface area contributed by atoms with Crippen molar-refractivity contribution >= 4 is 16.7 Å². The number of aromatic amines is 1. The van der Waals surface area contributed by atoms with Crippen LogP contribution in [0.5, 0.6) is 0 Å². The van der Waals surface area contributed by atoms with Gasteiger partial charge in [0.15, 0.2) is 5.82 Å². The van der Waals surface area contributed by atoms with Crippen LogP contribution >= 0.6 is 0 Å². The minimum absolute atomic E-state index is 0.343. The first-order valence-electron chi connectivity index (χ1n) is 13.5. The first-order chi connectivity index (χ1) is 16.8. The number of rotatable bonds is 6. The van der Waals surface area contributed by atoms with Crippen molar-refractivity contribution in [1.82, 2.24) is 19.7 Å². The Kier molecular flexibility index (Phi) is 6.16. The highest BCUT2D eigenvalue weighted by atomic mass is 16.1. The van der Waals surface area contributed by atoms with Gasteiger partial charge < -0.3 is 9.47 Å². The van der Waals surface area contributed by atoms with E-state index in [1.807, 2.05) is 0 Å². The summed E-state index contributed by atoms with van der Waals surface area (Å²) in [7, 11) is 0. The SMILES string of the molecule is O=c1c2c(c3c(n1CCCCN1CCN(c4n[nH]c5ccccc45)CC1)CCCC3)CCCC2. The summed E-state index contributed by atoms with van der Waals surface area (Å²) in [6.07, 6.45) is 11.6. The van der Waals surface area contributed by atoms with Gasteiger partial charge in [-0.2, -0.15) is 5.10 Å². The first-order valence-corrected chi connectivity index (χ1v) is 13.5. The Hall–Kier alpha value is -2.60. The molecule has 1 aliphatic heterocycles. The Morgan fingerprint density at radius 1 is 0.794 bits per heavy atom. The maximum Gasteiger partial charge on any atom is 0.254 e. The number of unbranched alkanes of at least 4 members (excludes halogenated alkanes) is 1. The summed E-state index contributed by atoms with van der Waals surface area (Å²) < 4.78 is 2.19. The molecule has 0 atom stereocenters. The van der Waals surface area contributed by atoms with Crippen LogP contribution in [0.2, 0.25) is 0 Å². The van der Waals surface area contributed by atoms with E-state index >= 15 is 0 Å². The number of anilines is 1. The third-order valence-electron chi connectivity index (χ3n) is 8.33. The van der Waals surface area contributed by atoms with Gasteiger partial charge in [0, 0.05) is 49.4 Å². The molecule has 0 radical (unpaired) electrons. The molecule has 34 heavy (non-hydrogen) atoms. The predicted octanol–water partition coefficient (Wildman–Crippen LogP) is 4.08. The fourth-order valence-corrected chi connectivity index (χ4v) is 6.49. The standard InChI is InChI=1S/C28H37N5O/c34-28-23-11-2-1-9-21(23)22-10-4-6-14-26(22)33(28)16-8-7-15-31-17-19-32(20-18-31)27-24-12-3-5-13-25(24)29-30-27/h3,5,12-13H,1-2,4,6-11,14-20H2,(H,29,30). The summed E-state index contributed by atoms with van der Waals surface area (Å²) in [5, 5.41) is 8.96. The van der Waals surface area contributed by atoms with Crippen molar-refractivity contribution in [2.75, 3.05) is 37.6 Å². The van der Waals surface area contributed by atoms with Gasteiger partial charge in [-0.3, -0.25) is 14.8 Å². The van der Waals surface area contributed by atoms with Crippen molar-refractivity contribution < 1.29 is 0 Å². The van der Waals surface area contributed by atoms with Crippen molar-refractivity contribution in [1.29, 1.82) is 0 Å². The molecule has 3 heterocycles. The van der Waals surface area contributed by atoms with Gasteiger partial charge in [0.2, 0.25) is 0 Å². The molecule has 3 aromatic rings. The number of hydrogen-bond acceptors (Lipinski definition) is 4. The van der Waals surface area contributed by atoms with Crippen molar-refractivity contribution in [2.24, 2.45) is 0 Å². The zero-order valence-corrected chi connectivity index (χ0v) is 20.3. The van der Waals surface area contributed by atoms with E-state index in [4.69, 9.17) is 0 Å².